The molecule has 0 fully saturated rings. The molecule has 0 aliphatic rings. The van der Waals surface area contributed by atoms with E-state index in [-0.39, 0.29) is 32.1 Å². The Hall–Kier alpha value is 0.147. The zero-order chi connectivity index (χ0) is 10.5. The number of hydrogen-bond donors (Lipinski definition) is 0. The van der Waals surface area contributed by atoms with Crippen molar-refractivity contribution in [3.63, 3.8) is 0 Å². The van der Waals surface area contributed by atoms with E-state index in [4.69, 9.17) is 0 Å². The van der Waals surface area contributed by atoms with Gasteiger partial charge in [0.15, 0.2) is 0 Å². The summed E-state index contributed by atoms with van der Waals surface area (Å²) in [5.41, 5.74) is 0. The van der Waals surface area contributed by atoms with E-state index in [2.05, 4.69) is 9.05 Å². The van der Waals surface area contributed by atoms with Crippen molar-refractivity contribution in [3.8, 4) is 0 Å². The molecule has 5 nitrogen and oxygen atoms in total. The number of hydrogen-bond acceptors (Lipinski definition) is 5. The fourth-order valence-corrected chi connectivity index (χ4v) is 1.97. The second-order valence-electron chi connectivity index (χ2n) is 2.03. The van der Waals surface area contributed by atoms with Crippen molar-refractivity contribution in [1.29, 1.82) is 0 Å². The van der Waals surface area contributed by atoms with Gasteiger partial charge < -0.3 is 18.9 Å². The molecule has 14 heavy (non-hydrogen) atoms. The van der Waals surface area contributed by atoms with Crippen LogP contribution in [0.15, 0.2) is 0 Å². The second-order valence-corrected chi connectivity index (χ2v) is 4.08. The van der Waals surface area contributed by atoms with Crippen LogP contribution in [0.5, 0.6) is 0 Å². The molecule has 0 N–H and O–H groups in total. The van der Waals surface area contributed by atoms with E-state index in [0.717, 1.165) is 0 Å². The summed E-state index contributed by atoms with van der Waals surface area (Å²) in [5.74, 6) is -4.82. The second kappa shape index (κ2) is 7.44. The first kappa shape index (κ1) is 16.6. The monoisotopic (exact) mass is 220 g/mol. The summed E-state index contributed by atoms with van der Waals surface area (Å²) in [6, 6.07) is 0. The number of halogens is 1. The molecule has 0 aromatic heterocycles. The summed E-state index contributed by atoms with van der Waals surface area (Å²) >= 11 is 0. The Morgan fingerprint density at radius 2 is 1.79 bits per heavy atom. The molecule has 0 aliphatic carbocycles. The summed E-state index contributed by atoms with van der Waals surface area (Å²) in [6.07, 6.45) is 0. The molecule has 0 spiro atoms. The fourth-order valence-electron chi connectivity index (χ4n) is 0.657. The van der Waals surface area contributed by atoms with Crippen LogP contribution in [0.1, 0.15) is 13.8 Å². The van der Waals surface area contributed by atoms with E-state index in [1.807, 2.05) is 0 Å². The first-order chi connectivity index (χ1) is 5.98. The van der Waals surface area contributed by atoms with E-state index in [1.54, 1.807) is 0 Å². The van der Waals surface area contributed by atoms with E-state index < -0.39 is 19.5 Å². The van der Waals surface area contributed by atoms with Gasteiger partial charge in [-0.2, -0.15) is 0 Å². The van der Waals surface area contributed by atoms with Gasteiger partial charge in [0, 0.05) is 0 Å². The smallest absolute Gasteiger partial charge is 0.546 e. The SMILES string of the molecule is CCOP(=O)(OCC)C(F)C(=O)[O-].[Li+]. The number of alkyl halides is 1. The molecule has 0 aromatic rings. The Morgan fingerprint density at radius 3 is 2.00 bits per heavy atom. The number of aliphatic carboxylic acids is 1. The van der Waals surface area contributed by atoms with Crippen molar-refractivity contribution in [1.82, 2.24) is 0 Å². The predicted molar refractivity (Wildman–Crippen MR) is 40.8 cm³/mol. The van der Waals surface area contributed by atoms with E-state index in [0.29, 0.717) is 0 Å². The third-order valence-electron chi connectivity index (χ3n) is 1.09. The molecule has 0 bridgehead atoms. The van der Waals surface area contributed by atoms with Gasteiger partial charge in [0.2, 0.25) is 5.91 Å². The summed E-state index contributed by atoms with van der Waals surface area (Å²) in [6.45, 7) is 2.72. The van der Waals surface area contributed by atoms with Crippen LogP contribution in [0.25, 0.3) is 0 Å². The van der Waals surface area contributed by atoms with Gasteiger partial charge in [-0.25, -0.2) is 4.39 Å². The number of carboxylic acids is 1. The average Bonchev–Trinajstić information content (AvgIpc) is 2.03. The molecule has 0 amide bonds. The Kier molecular flexibility index (Phi) is 8.81. The molecule has 0 aliphatic heterocycles. The van der Waals surface area contributed by atoms with Crippen LogP contribution in [0.2, 0.25) is 0 Å². The first-order valence-electron chi connectivity index (χ1n) is 3.71. The fraction of sp³-hybridized carbons (Fsp3) is 0.833. The molecule has 0 aromatic carbocycles. The Balaban J connectivity index is 0. The van der Waals surface area contributed by atoms with Crippen molar-refractivity contribution < 1.29 is 46.8 Å². The van der Waals surface area contributed by atoms with Gasteiger partial charge in [-0.3, -0.25) is 4.57 Å². The molecule has 78 valence electrons. The molecule has 0 radical (unpaired) electrons. The summed E-state index contributed by atoms with van der Waals surface area (Å²) in [7, 11) is -4.20. The largest absolute Gasteiger partial charge is 1.00 e. The van der Waals surface area contributed by atoms with E-state index in [9.17, 15) is 18.9 Å². The third-order valence-corrected chi connectivity index (χ3v) is 3.09. The topological polar surface area (TPSA) is 75.7 Å². The minimum atomic E-state index is -4.20. The van der Waals surface area contributed by atoms with Gasteiger partial charge in [-0.1, -0.05) is 0 Å². The molecule has 0 saturated heterocycles. The molecular formula is C6H11FLiO5P. The van der Waals surface area contributed by atoms with Crippen molar-refractivity contribution in [3.05, 3.63) is 0 Å². The molecule has 1 atom stereocenters. The quantitative estimate of drug-likeness (QED) is 0.359. The molecule has 0 saturated carbocycles. The van der Waals surface area contributed by atoms with Gasteiger partial charge in [0.1, 0.15) is 0 Å². The van der Waals surface area contributed by atoms with E-state index >= 15 is 0 Å². The molecule has 1 unspecified atom stereocenters. The molecule has 0 heterocycles. The van der Waals surface area contributed by atoms with Crippen LogP contribution in [-0.4, -0.2) is 25.1 Å². The molecular weight excluding hydrogens is 209 g/mol. The molecule has 8 heteroatoms. The van der Waals surface area contributed by atoms with Crippen LogP contribution in [-0.2, 0) is 18.4 Å². The van der Waals surface area contributed by atoms with Gasteiger partial charge in [0.05, 0.1) is 19.2 Å². The van der Waals surface area contributed by atoms with E-state index in [1.165, 1.54) is 13.8 Å². The van der Waals surface area contributed by atoms with Crippen LogP contribution in [0, 0.1) is 0 Å². The Morgan fingerprint density at radius 1 is 1.43 bits per heavy atom. The maximum atomic E-state index is 12.8. The van der Waals surface area contributed by atoms with Crippen molar-refractivity contribution in [2.45, 2.75) is 19.8 Å². The normalized spacial score (nSPS) is 13.1. The maximum Gasteiger partial charge on any atom is 1.00 e. The van der Waals surface area contributed by atoms with Crippen LogP contribution in [0.3, 0.4) is 0 Å². The summed E-state index contributed by atoms with van der Waals surface area (Å²) in [5, 5.41) is 10.1. The summed E-state index contributed by atoms with van der Waals surface area (Å²) < 4.78 is 32.9. The van der Waals surface area contributed by atoms with Crippen LogP contribution < -0.4 is 24.0 Å². The zero-order valence-corrected chi connectivity index (χ0v) is 9.25. The van der Waals surface area contributed by atoms with Crippen molar-refractivity contribution in [2.24, 2.45) is 0 Å². The summed E-state index contributed by atoms with van der Waals surface area (Å²) in [4.78, 5) is 10.1. The zero-order valence-electron chi connectivity index (χ0n) is 8.36. The van der Waals surface area contributed by atoms with Crippen LogP contribution in [0.4, 0.5) is 4.39 Å². The minimum Gasteiger partial charge on any atom is -0.546 e. The van der Waals surface area contributed by atoms with Crippen molar-refractivity contribution >= 4 is 13.6 Å². The number of carbonyl (C=O) groups excluding carboxylic acids is 1. The van der Waals surface area contributed by atoms with Gasteiger partial charge >= 0.3 is 26.5 Å². The Bertz CT molecular complexity index is 214. The predicted octanol–water partition coefficient (Wildman–Crippen LogP) is -2.70. The molecule has 0 rings (SSSR count). The Labute approximate surface area is 93.7 Å². The number of carbonyl (C=O) groups is 1. The third kappa shape index (κ3) is 4.58. The van der Waals surface area contributed by atoms with Gasteiger partial charge in [-0.05, 0) is 13.8 Å². The first-order valence-corrected chi connectivity index (χ1v) is 5.32. The van der Waals surface area contributed by atoms with Crippen molar-refractivity contribution in [2.75, 3.05) is 13.2 Å². The van der Waals surface area contributed by atoms with Gasteiger partial charge in [0.25, 0.3) is 0 Å². The van der Waals surface area contributed by atoms with Gasteiger partial charge in [-0.15, -0.1) is 0 Å². The minimum absolute atomic E-state index is 0. The average molecular weight is 220 g/mol. The maximum absolute atomic E-state index is 12.8. The van der Waals surface area contributed by atoms with Crippen LogP contribution >= 0.6 is 7.60 Å². The number of rotatable bonds is 6. The standard InChI is InChI=1S/C6H12FO5P.Li/c1-3-11-13(10,12-4-2)5(7)6(8)9;/h5H,3-4H2,1-2H3,(H,8,9);/q;+1/p-1. The number of carboxylic acid groups (broad SMARTS) is 1.